The summed E-state index contributed by atoms with van der Waals surface area (Å²) in [6.07, 6.45) is 0. The van der Waals surface area contributed by atoms with Gasteiger partial charge >= 0.3 is 0 Å². The summed E-state index contributed by atoms with van der Waals surface area (Å²) in [6.45, 7) is 4.50. The van der Waals surface area contributed by atoms with Crippen LogP contribution in [0.3, 0.4) is 0 Å². The number of rotatable bonds is 3. The molecular weight excluding hydrogens is 285 g/mol. The first-order chi connectivity index (χ1) is 10.4. The van der Waals surface area contributed by atoms with Crippen LogP contribution in [0.5, 0.6) is 5.88 Å². The van der Waals surface area contributed by atoms with Crippen molar-refractivity contribution < 1.29 is 14.2 Å². The fraction of sp³-hybridized carbons (Fsp3) is 0.375. The van der Waals surface area contributed by atoms with Crippen LogP contribution in [0.2, 0.25) is 0 Å². The average Bonchev–Trinajstić information content (AvgIpc) is 2.47. The van der Waals surface area contributed by atoms with Gasteiger partial charge in [-0.2, -0.15) is 4.98 Å². The SMILES string of the molecule is COc1nc(C)nc(N2CC(O)(c3ccc(F)cc3)C2)c1C. The molecule has 0 aliphatic carbocycles. The number of ether oxygens (including phenoxy) is 1. The zero-order chi connectivity index (χ0) is 15.9. The van der Waals surface area contributed by atoms with Gasteiger partial charge < -0.3 is 14.7 Å². The molecule has 0 bridgehead atoms. The van der Waals surface area contributed by atoms with Gasteiger partial charge in [0.1, 0.15) is 23.1 Å². The molecular formula is C16H18FN3O2. The van der Waals surface area contributed by atoms with Crippen LogP contribution >= 0.6 is 0 Å². The number of hydrogen-bond acceptors (Lipinski definition) is 5. The Morgan fingerprint density at radius 3 is 2.41 bits per heavy atom. The van der Waals surface area contributed by atoms with Crippen LogP contribution in [0.15, 0.2) is 24.3 Å². The van der Waals surface area contributed by atoms with Crippen molar-refractivity contribution in [2.75, 3.05) is 25.1 Å². The largest absolute Gasteiger partial charge is 0.481 e. The second-order valence-electron chi connectivity index (χ2n) is 5.62. The van der Waals surface area contributed by atoms with E-state index >= 15 is 0 Å². The third kappa shape index (κ3) is 2.39. The molecule has 0 amide bonds. The van der Waals surface area contributed by atoms with E-state index in [9.17, 15) is 9.50 Å². The number of halogens is 1. The molecule has 5 nitrogen and oxygen atoms in total. The molecule has 116 valence electrons. The minimum absolute atomic E-state index is 0.310. The molecule has 0 radical (unpaired) electrons. The molecule has 1 N–H and O–H groups in total. The second-order valence-corrected chi connectivity index (χ2v) is 5.62. The number of benzene rings is 1. The lowest BCUT2D eigenvalue weighted by atomic mass is 9.86. The number of β-amino-alcohol motifs (C(OH)–C–C–N with tert-alkyl or cyclic N) is 1. The van der Waals surface area contributed by atoms with E-state index in [0.717, 1.165) is 11.4 Å². The maximum atomic E-state index is 13.0. The number of aliphatic hydroxyl groups is 1. The normalized spacial score (nSPS) is 16.3. The molecule has 3 rings (SSSR count). The minimum atomic E-state index is -0.980. The van der Waals surface area contributed by atoms with Crippen LogP contribution in [0, 0.1) is 19.7 Å². The van der Waals surface area contributed by atoms with Gasteiger partial charge in [0.25, 0.3) is 0 Å². The van der Waals surface area contributed by atoms with Crippen molar-refractivity contribution in [3.8, 4) is 5.88 Å². The summed E-state index contributed by atoms with van der Waals surface area (Å²) >= 11 is 0. The highest BCUT2D eigenvalue weighted by Gasteiger charge is 2.44. The van der Waals surface area contributed by atoms with Gasteiger partial charge in [0.05, 0.1) is 25.8 Å². The first kappa shape index (κ1) is 14.7. The summed E-state index contributed by atoms with van der Waals surface area (Å²) in [5.74, 6) is 1.61. The molecule has 2 heterocycles. The summed E-state index contributed by atoms with van der Waals surface area (Å²) in [6, 6.07) is 5.95. The smallest absolute Gasteiger partial charge is 0.221 e. The molecule has 2 aromatic rings. The van der Waals surface area contributed by atoms with Gasteiger partial charge in [0, 0.05) is 0 Å². The van der Waals surface area contributed by atoms with E-state index in [-0.39, 0.29) is 5.82 Å². The molecule has 1 saturated heterocycles. The number of methoxy groups -OCH3 is 1. The van der Waals surface area contributed by atoms with Crippen molar-refractivity contribution in [3.05, 3.63) is 47.0 Å². The van der Waals surface area contributed by atoms with Crippen molar-refractivity contribution >= 4 is 5.82 Å². The average molecular weight is 303 g/mol. The Morgan fingerprint density at radius 1 is 1.18 bits per heavy atom. The third-order valence-corrected chi connectivity index (χ3v) is 3.97. The molecule has 22 heavy (non-hydrogen) atoms. The topological polar surface area (TPSA) is 58.5 Å². The fourth-order valence-electron chi connectivity index (χ4n) is 2.77. The highest BCUT2D eigenvalue weighted by Crippen LogP contribution is 2.37. The van der Waals surface area contributed by atoms with E-state index < -0.39 is 5.60 Å². The number of anilines is 1. The van der Waals surface area contributed by atoms with E-state index in [1.54, 1.807) is 26.2 Å². The molecule has 0 unspecified atom stereocenters. The van der Waals surface area contributed by atoms with Crippen LogP contribution in [0.4, 0.5) is 10.2 Å². The van der Waals surface area contributed by atoms with Gasteiger partial charge in [-0.15, -0.1) is 0 Å². The van der Waals surface area contributed by atoms with Crippen LogP contribution in [-0.4, -0.2) is 35.3 Å². The van der Waals surface area contributed by atoms with E-state index in [1.807, 2.05) is 11.8 Å². The van der Waals surface area contributed by atoms with Gasteiger partial charge in [-0.3, -0.25) is 0 Å². The maximum Gasteiger partial charge on any atom is 0.221 e. The fourth-order valence-corrected chi connectivity index (χ4v) is 2.77. The number of nitrogens with zero attached hydrogens (tertiary/aromatic N) is 3. The Balaban J connectivity index is 1.84. The molecule has 1 aromatic heterocycles. The van der Waals surface area contributed by atoms with Crippen molar-refractivity contribution in [1.82, 2.24) is 9.97 Å². The first-order valence-corrected chi connectivity index (χ1v) is 7.05. The monoisotopic (exact) mass is 303 g/mol. The maximum absolute atomic E-state index is 13.0. The molecule has 6 heteroatoms. The summed E-state index contributed by atoms with van der Waals surface area (Å²) in [5, 5.41) is 10.7. The highest BCUT2D eigenvalue weighted by molar-refractivity contribution is 5.55. The predicted molar refractivity (Wildman–Crippen MR) is 80.6 cm³/mol. The minimum Gasteiger partial charge on any atom is -0.481 e. The lowest BCUT2D eigenvalue weighted by Gasteiger charge is -2.47. The van der Waals surface area contributed by atoms with Gasteiger partial charge in [-0.25, -0.2) is 9.37 Å². The van der Waals surface area contributed by atoms with Gasteiger partial charge in [0.15, 0.2) is 0 Å². The van der Waals surface area contributed by atoms with Crippen molar-refractivity contribution in [2.45, 2.75) is 19.4 Å². The van der Waals surface area contributed by atoms with Crippen molar-refractivity contribution in [2.24, 2.45) is 0 Å². The Hall–Kier alpha value is -2.21. The lowest BCUT2D eigenvalue weighted by molar-refractivity contribution is 0.00687. The van der Waals surface area contributed by atoms with Crippen molar-refractivity contribution in [3.63, 3.8) is 0 Å². The number of aromatic nitrogens is 2. The Labute approximate surface area is 128 Å². The molecule has 1 fully saturated rings. The second kappa shape index (κ2) is 5.21. The number of hydrogen-bond donors (Lipinski definition) is 1. The van der Waals surface area contributed by atoms with E-state index in [4.69, 9.17) is 4.74 Å². The zero-order valence-electron chi connectivity index (χ0n) is 12.8. The Morgan fingerprint density at radius 2 is 1.82 bits per heavy atom. The van der Waals surface area contributed by atoms with E-state index in [2.05, 4.69) is 9.97 Å². The molecule has 1 aliphatic heterocycles. The summed E-state index contributed by atoms with van der Waals surface area (Å²) in [5.41, 5.74) is 0.571. The summed E-state index contributed by atoms with van der Waals surface area (Å²) < 4.78 is 18.2. The third-order valence-electron chi connectivity index (χ3n) is 3.97. The van der Waals surface area contributed by atoms with E-state index in [0.29, 0.717) is 30.4 Å². The highest BCUT2D eigenvalue weighted by atomic mass is 19.1. The number of aryl methyl sites for hydroxylation is 1. The van der Waals surface area contributed by atoms with Gasteiger partial charge in [-0.05, 0) is 31.5 Å². The van der Waals surface area contributed by atoms with Crippen molar-refractivity contribution in [1.29, 1.82) is 0 Å². The Kier molecular flexibility index (Phi) is 3.48. The standard InChI is InChI=1S/C16H18FN3O2/c1-10-14(18-11(2)19-15(10)22-3)20-8-16(21,9-20)12-4-6-13(17)7-5-12/h4-7,21H,8-9H2,1-3H3. The molecule has 1 aromatic carbocycles. The molecule has 0 atom stereocenters. The molecule has 1 aliphatic rings. The summed E-state index contributed by atoms with van der Waals surface area (Å²) in [4.78, 5) is 10.6. The van der Waals surface area contributed by atoms with Crippen LogP contribution in [0.25, 0.3) is 0 Å². The van der Waals surface area contributed by atoms with Crippen LogP contribution < -0.4 is 9.64 Å². The quantitative estimate of drug-likeness (QED) is 0.939. The van der Waals surface area contributed by atoms with Gasteiger partial charge in [-0.1, -0.05) is 12.1 Å². The summed E-state index contributed by atoms with van der Waals surface area (Å²) in [7, 11) is 1.57. The Bertz CT molecular complexity index is 697. The predicted octanol–water partition coefficient (Wildman–Crippen LogP) is 1.95. The van der Waals surface area contributed by atoms with Gasteiger partial charge in [0.2, 0.25) is 5.88 Å². The first-order valence-electron chi connectivity index (χ1n) is 7.05. The zero-order valence-corrected chi connectivity index (χ0v) is 12.8. The molecule has 0 saturated carbocycles. The molecule has 0 spiro atoms. The van der Waals surface area contributed by atoms with E-state index in [1.165, 1.54) is 12.1 Å². The lowest BCUT2D eigenvalue weighted by Crippen LogP contribution is -2.60. The van der Waals surface area contributed by atoms with Crippen LogP contribution in [0.1, 0.15) is 17.0 Å². The van der Waals surface area contributed by atoms with Crippen LogP contribution in [-0.2, 0) is 5.60 Å².